The molecule has 0 bridgehead atoms. The van der Waals surface area contributed by atoms with Gasteiger partial charge in [-0.25, -0.2) is 0 Å². The Balaban J connectivity index is 2.37. The molecule has 0 radical (unpaired) electrons. The molecule has 0 fully saturated rings. The zero-order valence-electron chi connectivity index (χ0n) is 18.6. The van der Waals surface area contributed by atoms with Crippen molar-refractivity contribution in [2.24, 2.45) is 0 Å². The molecule has 2 aromatic rings. The normalized spacial score (nSPS) is 12.1. The highest BCUT2D eigenvalue weighted by molar-refractivity contribution is 5.80. The lowest BCUT2D eigenvalue weighted by atomic mass is 9.93. The van der Waals surface area contributed by atoms with Gasteiger partial charge in [0.2, 0.25) is 11.6 Å². The number of carbonyl (C=O) groups excluding carboxylic acids is 1. The lowest BCUT2D eigenvalue weighted by Crippen LogP contribution is -2.40. The largest absolute Gasteiger partial charge is 0.346 e. The summed E-state index contributed by atoms with van der Waals surface area (Å²) in [5.74, 6) is -2.34. The first-order valence-corrected chi connectivity index (χ1v) is 10.7. The standard InChI is InChI=1S/C25H34O5/c1-5-27-24(28-6-2,21-15-11-9-12-16-21)19-23(26)20-25(29-7-3,30-8-4)22-17-13-10-14-18-22/h9-18H,5-8,19-20H2,1-4H3. The minimum absolute atomic E-state index is 0.0629. The highest BCUT2D eigenvalue weighted by Gasteiger charge is 2.41. The average molecular weight is 415 g/mol. The first-order valence-electron chi connectivity index (χ1n) is 10.7. The van der Waals surface area contributed by atoms with Crippen LogP contribution >= 0.6 is 0 Å². The van der Waals surface area contributed by atoms with Crippen molar-refractivity contribution in [1.82, 2.24) is 0 Å². The summed E-state index contributed by atoms with van der Waals surface area (Å²) in [6.07, 6.45) is 0.126. The van der Waals surface area contributed by atoms with Crippen LogP contribution in [0.15, 0.2) is 60.7 Å². The topological polar surface area (TPSA) is 54.0 Å². The highest BCUT2D eigenvalue weighted by atomic mass is 16.7. The number of rotatable bonds is 14. The van der Waals surface area contributed by atoms with E-state index in [9.17, 15) is 4.79 Å². The van der Waals surface area contributed by atoms with Gasteiger partial charge in [-0.3, -0.25) is 4.79 Å². The third-order valence-electron chi connectivity index (χ3n) is 4.80. The van der Waals surface area contributed by atoms with Gasteiger partial charge in [-0.05, 0) is 27.7 Å². The van der Waals surface area contributed by atoms with E-state index in [1.165, 1.54) is 0 Å². The zero-order chi connectivity index (χ0) is 21.9. The zero-order valence-corrected chi connectivity index (χ0v) is 18.6. The van der Waals surface area contributed by atoms with E-state index in [4.69, 9.17) is 18.9 Å². The van der Waals surface area contributed by atoms with Crippen molar-refractivity contribution in [2.75, 3.05) is 26.4 Å². The fraction of sp³-hybridized carbons (Fsp3) is 0.480. The predicted molar refractivity (Wildman–Crippen MR) is 117 cm³/mol. The molecule has 5 nitrogen and oxygen atoms in total. The van der Waals surface area contributed by atoms with Gasteiger partial charge in [0, 0.05) is 37.6 Å². The summed E-state index contributed by atoms with van der Waals surface area (Å²) in [7, 11) is 0. The van der Waals surface area contributed by atoms with E-state index >= 15 is 0 Å². The maximum absolute atomic E-state index is 13.4. The maximum atomic E-state index is 13.4. The number of benzene rings is 2. The number of carbonyl (C=O) groups is 1. The van der Waals surface area contributed by atoms with E-state index in [1.54, 1.807) is 0 Å². The number of ether oxygens (including phenoxy) is 4. The van der Waals surface area contributed by atoms with Gasteiger partial charge in [-0.15, -0.1) is 0 Å². The molecule has 0 N–H and O–H groups in total. The number of ketones is 1. The third kappa shape index (κ3) is 5.99. The summed E-state index contributed by atoms with van der Waals surface area (Å²) >= 11 is 0. The van der Waals surface area contributed by atoms with Crippen LogP contribution in [-0.4, -0.2) is 32.2 Å². The molecule has 0 unspecified atom stereocenters. The maximum Gasteiger partial charge on any atom is 0.201 e. The second-order valence-electron chi connectivity index (χ2n) is 6.86. The molecule has 0 heterocycles. The molecule has 2 rings (SSSR count). The first-order chi connectivity index (χ1) is 14.6. The Hall–Kier alpha value is -2.05. The Morgan fingerprint density at radius 1 is 0.600 bits per heavy atom. The molecule has 30 heavy (non-hydrogen) atoms. The monoisotopic (exact) mass is 414 g/mol. The van der Waals surface area contributed by atoms with Gasteiger partial charge in [0.05, 0.1) is 12.8 Å². The molecule has 0 aliphatic heterocycles. The van der Waals surface area contributed by atoms with E-state index in [1.807, 2.05) is 88.4 Å². The Labute approximate surface area is 180 Å². The van der Waals surface area contributed by atoms with Gasteiger partial charge in [-0.1, -0.05) is 60.7 Å². The van der Waals surface area contributed by atoms with Crippen molar-refractivity contribution < 1.29 is 23.7 Å². The van der Waals surface area contributed by atoms with Gasteiger partial charge in [0.15, 0.2) is 0 Å². The first kappa shape index (κ1) is 24.2. The highest BCUT2D eigenvalue weighted by Crippen LogP contribution is 2.36. The number of hydrogen-bond acceptors (Lipinski definition) is 5. The van der Waals surface area contributed by atoms with Gasteiger partial charge < -0.3 is 18.9 Å². The van der Waals surface area contributed by atoms with Crippen LogP contribution in [-0.2, 0) is 35.3 Å². The smallest absolute Gasteiger partial charge is 0.201 e. The van der Waals surface area contributed by atoms with E-state index in [2.05, 4.69) is 0 Å². The molecule has 0 saturated heterocycles. The lowest BCUT2D eigenvalue weighted by molar-refractivity contribution is -0.255. The summed E-state index contributed by atoms with van der Waals surface area (Å²) in [5, 5.41) is 0. The summed E-state index contributed by atoms with van der Waals surface area (Å²) in [6.45, 7) is 9.27. The van der Waals surface area contributed by atoms with Crippen LogP contribution in [0, 0.1) is 0 Å². The van der Waals surface area contributed by atoms with Crippen molar-refractivity contribution in [2.45, 2.75) is 52.1 Å². The Bertz CT molecular complexity index is 669. The minimum Gasteiger partial charge on any atom is -0.346 e. The van der Waals surface area contributed by atoms with Gasteiger partial charge >= 0.3 is 0 Å². The van der Waals surface area contributed by atoms with Crippen molar-refractivity contribution >= 4 is 5.78 Å². The summed E-state index contributed by atoms with van der Waals surface area (Å²) in [5.41, 5.74) is 1.64. The molecule has 0 saturated carbocycles. The minimum atomic E-state index is -1.14. The third-order valence-corrected chi connectivity index (χ3v) is 4.80. The summed E-state index contributed by atoms with van der Waals surface area (Å²) in [4.78, 5) is 13.4. The van der Waals surface area contributed by atoms with Crippen molar-refractivity contribution in [3.63, 3.8) is 0 Å². The number of Topliss-reactive ketones (excluding diaryl/α,β-unsaturated/α-hetero) is 1. The van der Waals surface area contributed by atoms with E-state index in [-0.39, 0.29) is 18.6 Å². The van der Waals surface area contributed by atoms with E-state index < -0.39 is 11.6 Å². The van der Waals surface area contributed by atoms with Crippen LogP contribution < -0.4 is 0 Å². The molecule has 0 aliphatic carbocycles. The lowest BCUT2D eigenvalue weighted by Gasteiger charge is -2.36. The Morgan fingerprint density at radius 2 is 0.900 bits per heavy atom. The number of hydrogen-bond donors (Lipinski definition) is 0. The molecule has 2 aromatic carbocycles. The molecule has 0 amide bonds. The van der Waals surface area contributed by atoms with Crippen LogP contribution in [0.2, 0.25) is 0 Å². The molecule has 5 heteroatoms. The average Bonchev–Trinajstić information content (AvgIpc) is 2.75. The van der Waals surface area contributed by atoms with Crippen LogP contribution in [0.3, 0.4) is 0 Å². The van der Waals surface area contributed by atoms with E-state index in [0.717, 1.165) is 11.1 Å². The van der Waals surface area contributed by atoms with Crippen LogP contribution in [0.25, 0.3) is 0 Å². The molecular weight excluding hydrogens is 380 g/mol. The van der Waals surface area contributed by atoms with Crippen LogP contribution in [0.5, 0.6) is 0 Å². The fourth-order valence-electron chi connectivity index (χ4n) is 3.72. The van der Waals surface area contributed by atoms with Gasteiger partial charge in [0.1, 0.15) is 5.78 Å². The van der Waals surface area contributed by atoms with Crippen molar-refractivity contribution in [1.29, 1.82) is 0 Å². The Morgan fingerprint density at radius 3 is 1.17 bits per heavy atom. The molecular formula is C25H34O5. The SMILES string of the molecule is CCOC(CC(=O)CC(OCC)(OCC)c1ccccc1)(OCC)c1ccccc1. The molecule has 164 valence electrons. The molecule has 0 spiro atoms. The van der Waals surface area contributed by atoms with Crippen molar-refractivity contribution in [3.05, 3.63) is 71.8 Å². The molecule has 0 aliphatic rings. The molecule has 0 aromatic heterocycles. The van der Waals surface area contributed by atoms with Gasteiger partial charge in [0.25, 0.3) is 0 Å². The fourth-order valence-corrected chi connectivity index (χ4v) is 3.72. The predicted octanol–water partition coefficient (Wildman–Crippen LogP) is 5.19. The quantitative estimate of drug-likeness (QED) is 0.398. The van der Waals surface area contributed by atoms with Crippen LogP contribution in [0.4, 0.5) is 0 Å². The second kappa shape index (κ2) is 12.0. The summed E-state index contributed by atoms with van der Waals surface area (Å²) in [6, 6.07) is 19.2. The van der Waals surface area contributed by atoms with Crippen LogP contribution in [0.1, 0.15) is 51.7 Å². The Kier molecular flexibility index (Phi) is 9.66. The molecule has 0 atom stereocenters. The van der Waals surface area contributed by atoms with E-state index in [0.29, 0.717) is 26.4 Å². The van der Waals surface area contributed by atoms with Gasteiger partial charge in [-0.2, -0.15) is 0 Å². The second-order valence-corrected chi connectivity index (χ2v) is 6.86. The van der Waals surface area contributed by atoms with Crippen molar-refractivity contribution in [3.8, 4) is 0 Å². The summed E-state index contributed by atoms with van der Waals surface area (Å²) < 4.78 is 24.2.